The Morgan fingerprint density at radius 2 is 2.00 bits per heavy atom. The predicted octanol–water partition coefficient (Wildman–Crippen LogP) is 3.79. The van der Waals surface area contributed by atoms with Gasteiger partial charge in [-0.2, -0.15) is 0 Å². The van der Waals surface area contributed by atoms with Crippen LogP contribution in [0.3, 0.4) is 0 Å². The van der Waals surface area contributed by atoms with E-state index in [1.54, 1.807) is 6.07 Å². The average molecular weight is 404 g/mol. The van der Waals surface area contributed by atoms with Crippen molar-refractivity contribution in [2.24, 2.45) is 0 Å². The van der Waals surface area contributed by atoms with Crippen molar-refractivity contribution in [1.82, 2.24) is 0 Å². The van der Waals surface area contributed by atoms with E-state index in [1.165, 1.54) is 0 Å². The van der Waals surface area contributed by atoms with Crippen LogP contribution in [0, 0.1) is 0 Å². The van der Waals surface area contributed by atoms with Gasteiger partial charge in [-0.15, -0.1) is 0 Å². The molecule has 0 aromatic heterocycles. The number of carbonyl (C=O) groups excluding carboxylic acids is 1. The first-order chi connectivity index (χ1) is 5.63. The predicted molar refractivity (Wildman–Crippen MR) is 65.2 cm³/mol. The molecular formula is C8H5Br2IO. The van der Waals surface area contributed by atoms with Crippen molar-refractivity contribution in [2.75, 3.05) is 0 Å². The lowest BCUT2D eigenvalue weighted by atomic mass is 10.2. The minimum Gasteiger partial charge on any atom is -0.292 e. The molecule has 0 N–H and O–H groups in total. The molecular weight excluding hydrogens is 399 g/mol. The van der Waals surface area contributed by atoms with Gasteiger partial charge >= 0.3 is 0 Å². The minimum atomic E-state index is -0.159. The molecule has 1 unspecified atom stereocenters. The van der Waals surface area contributed by atoms with E-state index >= 15 is 0 Å². The van der Waals surface area contributed by atoms with Crippen LogP contribution >= 0.6 is 54.5 Å². The van der Waals surface area contributed by atoms with Gasteiger partial charge in [-0.25, -0.2) is 0 Å². The number of halogens is 3. The van der Waals surface area contributed by atoms with Crippen molar-refractivity contribution < 1.29 is 4.79 Å². The summed E-state index contributed by atoms with van der Waals surface area (Å²) in [6, 6.07) is 7.40. The Bertz CT molecular complexity index is 299. The minimum absolute atomic E-state index is 0.0862. The molecule has 0 saturated heterocycles. The first-order valence-corrected chi connectivity index (χ1v) is 6.15. The molecule has 0 aliphatic rings. The van der Waals surface area contributed by atoms with Crippen LogP contribution < -0.4 is 0 Å². The zero-order valence-electron chi connectivity index (χ0n) is 5.93. The van der Waals surface area contributed by atoms with Crippen LogP contribution in [0.25, 0.3) is 0 Å². The Morgan fingerprint density at radius 1 is 1.42 bits per heavy atom. The van der Waals surface area contributed by atoms with Gasteiger partial charge in [0.15, 0.2) is 5.78 Å². The molecule has 0 fully saturated rings. The van der Waals surface area contributed by atoms with E-state index in [9.17, 15) is 4.79 Å². The quantitative estimate of drug-likeness (QED) is 0.417. The number of benzene rings is 1. The van der Waals surface area contributed by atoms with Crippen molar-refractivity contribution in [1.29, 1.82) is 0 Å². The third kappa shape index (κ3) is 2.53. The van der Waals surface area contributed by atoms with Crippen LogP contribution in [0.1, 0.15) is 10.4 Å². The summed E-state index contributed by atoms with van der Waals surface area (Å²) < 4.78 is 0.685. The van der Waals surface area contributed by atoms with Crippen LogP contribution in [0.5, 0.6) is 0 Å². The molecule has 0 heterocycles. The highest BCUT2D eigenvalue weighted by Crippen LogP contribution is 2.22. The fraction of sp³-hybridized carbons (Fsp3) is 0.125. The summed E-state index contributed by atoms with van der Waals surface area (Å²) in [4.78, 5) is 11.5. The van der Waals surface area contributed by atoms with Crippen molar-refractivity contribution >= 4 is 60.2 Å². The molecule has 0 bridgehead atoms. The maximum Gasteiger partial charge on any atom is 0.187 e. The molecule has 0 spiro atoms. The number of Topliss-reactive ketones (excluding diaryl/α,β-unsaturated/α-hetero) is 1. The van der Waals surface area contributed by atoms with E-state index in [0.717, 1.165) is 4.47 Å². The number of hydrogen-bond acceptors (Lipinski definition) is 1. The van der Waals surface area contributed by atoms with Gasteiger partial charge < -0.3 is 0 Å². The number of alkyl halides is 2. The number of hydrogen-bond donors (Lipinski definition) is 0. The molecule has 64 valence electrons. The first-order valence-electron chi connectivity index (χ1n) is 3.20. The van der Waals surface area contributed by atoms with Crippen molar-refractivity contribution in [3.63, 3.8) is 0 Å². The van der Waals surface area contributed by atoms with E-state index in [-0.39, 0.29) is 8.62 Å². The van der Waals surface area contributed by atoms with Crippen LogP contribution in [0.2, 0.25) is 0 Å². The SMILES string of the molecule is O=C(c1ccccc1Br)C(Br)I. The van der Waals surface area contributed by atoms with Crippen LogP contribution in [-0.2, 0) is 0 Å². The number of carbonyl (C=O) groups is 1. The van der Waals surface area contributed by atoms with Crippen LogP contribution in [-0.4, -0.2) is 8.62 Å². The second-order valence-electron chi connectivity index (χ2n) is 2.14. The monoisotopic (exact) mass is 402 g/mol. The lowest BCUT2D eigenvalue weighted by Gasteiger charge is -2.02. The number of ketones is 1. The average Bonchev–Trinajstić information content (AvgIpc) is 2.04. The molecule has 1 aromatic carbocycles. The molecule has 12 heavy (non-hydrogen) atoms. The van der Waals surface area contributed by atoms with Gasteiger partial charge in [0.1, 0.15) is 2.83 Å². The Kier molecular flexibility index (Phi) is 4.19. The Balaban J connectivity index is 3.03. The lowest BCUT2D eigenvalue weighted by molar-refractivity contribution is 0.101. The topological polar surface area (TPSA) is 17.1 Å². The van der Waals surface area contributed by atoms with E-state index in [4.69, 9.17) is 0 Å². The third-order valence-electron chi connectivity index (χ3n) is 1.34. The van der Waals surface area contributed by atoms with Gasteiger partial charge in [-0.3, -0.25) is 4.79 Å². The highest BCUT2D eigenvalue weighted by molar-refractivity contribution is 14.1. The third-order valence-corrected chi connectivity index (χ3v) is 3.01. The molecule has 1 aromatic rings. The summed E-state index contributed by atoms with van der Waals surface area (Å²) in [5, 5.41) is 0. The highest BCUT2D eigenvalue weighted by Gasteiger charge is 2.15. The summed E-state index contributed by atoms with van der Waals surface area (Å²) in [7, 11) is 0. The molecule has 0 aliphatic heterocycles. The van der Waals surface area contributed by atoms with Gasteiger partial charge in [0.25, 0.3) is 0 Å². The van der Waals surface area contributed by atoms with Crippen molar-refractivity contribution in [3.8, 4) is 0 Å². The lowest BCUT2D eigenvalue weighted by Crippen LogP contribution is -2.07. The van der Waals surface area contributed by atoms with E-state index < -0.39 is 0 Å². The highest BCUT2D eigenvalue weighted by atomic mass is 127. The van der Waals surface area contributed by atoms with Crippen molar-refractivity contribution in [3.05, 3.63) is 34.3 Å². The zero-order chi connectivity index (χ0) is 9.14. The van der Waals surface area contributed by atoms with Gasteiger partial charge in [0.2, 0.25) is 0 Å². The Labute approximate surface area is 101 Å². The maximum atomic E-state index is 11.5. The fourth-order valence-electron chi connectivity index (χ4n) is 0.779. The summed E-state index contributed by atoms with van der Waals surface area (Å²) in [6.45, 7) is 0. The standard InChI is InChI=1S/C8H5Br2IO/c9-6-4-2-1-3-5(6)7(12)8(10)11/h1-4,8H. The molecule has 0 saturated carbocycles. The molecule has 1 atom stereocenters. The molecule has 0 radical (unpaired) electrons. The summed E-state index contributed by atoms with van der Waals surface area (Å²) in [5.41, 5.74) is 0.716. The second-order valence-corrected chi connectivity index (χ2v) is 6.87. The van der Waals surface area contributed by atoms with Gasteiger partial charge in [0.05, 0.1) is 0 Å². The first kappa shape index (κ1) is 10.7. The van der Waals surface area contributed by atoms with Crippen LogP contribution in [0.15, 0.2) is 28.7 Å². The maximum absolute atomic E-state index is 11.5. The zero-order valence-corrected chi connectivity index (χ0v) is 11.3. The van der Waals surface area contributed by atoms with Gasteiger partial charge in [-0.05, 0) is 6.07 Å². The van der Waals surface area contributed by atoms with E-state index in [1.807, 2.05) is 40.8 Å². The van der Waals surface area contributed by atoms with Gasteiger partial charge in [-0.1, -0.05) is 72.6 Å². The molecule has 0 amide bonds. The Morgan fingerprint density at radius 3 is 2.50 bits per heavy atom. The molecule has 1 rings (SSSR count). The van der Waals surface area contributed by atoms with E-state index in [2.05, 4.69) is 31.9 Å². The molecule has 1 nitrogen and oxygen atoms in total. The van der Waals surface area contributed by atoms with Crippen LogP contribution in [0.4, 0.5) is 0 Å². The van der Waals surface area contributed by atoms with Gasteiger partial charge in [0, 0.05) is 10.0 Å². The fourth-order valence-corrected chi connectivity index (χ4v) is 1.84. The molecule has 0 aliphatic carbocycles. The largest absolute Gasteiger partial charge is 0.292 e. The second kappa shape index (κ2) is 4.72. The summed E-state index contributed by atoms with van der Waals surface area (Å²) in [6.07, 6.45) is 0. The number of rotatable bonds is 2. The smallest absolute Gasteiger partial charge is 0.187 e. The summed E-state index contributed by atoms with van der Waals surface area (Å²) in [5.74, 6) is 0.0862. The van der Waals surface area contributed by atoms with E-state index in [0.29, 0.717) is 5.56 Å². The Hall–Kier alpha value is 0.580. The summed E-state index contributed by atoms with van der Waals surface area (Å²) >= 11 is 8.58. The normalized spacial score (nSPS) is 12.6. The van der Waals surface area contributed by atoms with Crippen molar-refractivity contribution in [2.45, 2.75) is 2.83 Å². The molecule has 4 heteroatoms.